The molecule has 0 aliphatic heterocycles. The van der Waals surface area contributed by atoms with E-state index in [-0.39, 0.29) is 22.2 Å². The molecule has 0 fully saturated rings. The Hall–Kier alpha value is -1.73. The van der Waals surface area contributed by atoms with Gasteiger partial charge in [0.25, 0.3) is 0 Å². The van der Waals surface area contributed by atoms with Crippen molar-refractivity contribution in [1.82, 2.24) is 5.16 Å². The Balaban J connectivity index is 2.14. The fraction of sp³-hybridized carbons (Fsp3) is 0.182. The van der Waals surface area contributed by atoms with Gasteiger partial charge in [0.15, 0.2) is 0 Å². The van der Waals surface area contributed by atoms with Crippen LogP contribution < -0.4 is 4.72 Å². The van der Waals surface area contributed by atoms with E-state index in [0.717, 1.165) is 0 Å². The second-order valence-electron chi connectivity index (χ2n) is 3.96. The van der Waals surface area contributed by atoms with E-state index in [0.29, 0.717) is 11.5 Å². The van der Waals surface area contributed by atoms with Crippen LogP contribution in [0.5, 0.6) is 5.75 Å². The van der Waals surface area contributed by atoms with Gasteiger partial charge in [-0.3, -0.25) is 4.72 Å². The number of anilines is 1. The van der Waals surface area contributed by atoms with Crippen LogP contribution in [-0.2, 0) is 15.8 Å². The summed E-state index contributed by atoms with van der Waals surface area (Å²) in [5.74, 6) is 0.0294. The monoisotopic (exact) mass is 302 g/mol. The summed E-state index contributed by atoms with van der Waals surface area (Å²) in [5.41, 5.74) is 0.533. The van der Waals surface area contributed by atoms with Gasteiger partial charge in [0, 0.05) is 12.1 Å². The van der Waals surface area contributed by atoms with Crippen molar-refractivity contribution in [3.05, 3.63) is 40.7 Å². The van der Waals surface area contributed by atoms with Gasteiger partial charge < -0.3 is 9.63 Å². The molecule has 0 atom stereocenters. The highest BCUT2D eigenvalue weighted by molar-refractivity contribution is 7.91. The van der Waals surface area contributed by atoms with E-state index in [4.69, 9.17) is 16.1 Å². The molecule has 0 bridgehead atoms. The summed E-state index contributed by atoms with van der Waals surface area (Å²) in [6.07, 6.45) is 0. The van der Waals surface area contributed by atoms with Crippen molar-refractivity contribution in [1.29, 1.82) is 0 Å². The summed E-state index contributed by atoms with van der Waals surface area (Å²) in [4.78, 5) is 0. The van der Waals surface area contributed by atoms with Crippen LogP contribution in [0, 0.1) is 6.92 Å². The average molecular weight is 303 g/mol. The highest BCUT2D eigenvalue weighted by Crippen LogP contribution is 2.26. The zero-order chi connectivity index (χ0) is 14.0. The molecule has 0 aliphatic rings. The van der Waals surface area contributed by atoms with Gasteiger partial charge in [0.1, 0.15) is 23.0 Å². The lowest BCUT2D eigenvalue weighted by molar-refractivity contribution is 0.392. The van der Waals surface area contributed by atoms with Crippen LogP contribution >= 0.6 is 11.6 Å². The van der Waals surface area contributed by atoms with Gasteiger partial charge in [0.2, 0.25) is 10.0 Å². The van der Waals surface area contributed by atoms with Crippen molar-refractivity contribution in [2.24, 2.45) is 0 Å². The lowest BCUT2D eigenvalue weighted by atomic mass is 10.3. The molecule has 0 radical (unpaired) electrons. The molecule has 102 valence electrons. The lowest BCUT2D eigenvalue weighted by Gasteiger charge is -2.07. The molecule has 1 aromatic heterocycles. The number of phenolic OH excluding ortho intramolecular Hbond substituents is 1. The smallest absolute Gasteiger partial charge is 0.238 e. The van der Waals surface area contributed by atoms with Gasteiger partial charge >= 0.3 is 0 Å². The Bertz CT molecular complexity index is 696. The molecule has 6 nitrogen and oxygen atoms in total. The van der Waals surface area contributed by atoms with Gasteiger partial charge in [-0.1, -0.05) is 16.8 Å². The summed E-state index contributed by atoms with van der Waals surface area (Å²) in [7, 11) is -3.63. The van der Waals surface area contributed by atoms with E-state index >= 15 is 0 Å². The molecule has 19 heavy (non-hydrogen) atoms. The van der Waals surface area contributed by atoms with Crippen LogP contribution in [0.3, 0.4) is 0 Å². The number of benzene rings is 1. The summed E-state index contributed by atoms with van der Waals surface area (Å²) in [6.45, 7) is 1.67. The van der Waals surface area contributed by atoms with Crippen LogP contribution in [0.1, 0.15) is 11.5 Å². The number of phenols is 1. The van der Waals surface area contributed by atoms with E-state index < -0.39 is 10.0 Å². The van der Waals surface area contributed by atoms with Gasteiger partial charge in [-0.2, -0.15) is 0 Å². The minimum absolute atomic E-state index is 0.148. The molecule has 2 aromatic rings. The van der Waals surface area contributed by atoms with Crippen LogP contribution in [0.15, 0.2) is 28.8 Å². The maximum Gasteiger partial charge on any atom is 0.238 e. The summed E-state index contributed by atoms with van der Waals surface area (Å²) < 4.78 is 30.8. The standard InChI is InChI=1S/C11H11ClN2O4S/c1-7-4-9(13-18-7)6-19(16,17)14-8-2-3-10(12)11(15)5-8/h2-5,14-15H,6H2,1H3. The van der Waals surface area contributed by atoms with E-state index in [2.05, 4.69) is 9.88 Å². The topological polar surface area (TPSA) is 92.4 Å². The molecule has 0 spiro atoms. The number of nitrogens with zero attached hydrogens (tertiary/aromatic N) is 1. The van der Waals surface area contributed by atoms with Crippen molar-refractivity contribution in [2.45, 2.75) is 12.7 Å². The molecule has 0 saturated heterocycles. The van der Waals surface area contributed by atoms with Crippen molar-refractivity contribution >= 4 is 27.3 Å². The number of aryl methyl sites for hydroxylation is 1. The Labute approximate surface area is 115 Å². The average Bonchev–Trinajstić information content (AvgIpc) is 2.68. The first-order chi connectivity index (χ1) is 8.85. The largest absolute Gasteiger partial charge is 0.506 e. The van der Waals surface area contributed by atoms with Crippen LogP contribution in [0.2, 0.25) is 5.02 Å². The van der Waals surface area contributed by atoms with Crippen molar-refractivity contribution in [3.63, 3.8) is 0 Å². The van der Waals surface area contributed by atoms with Crippen LogP contribution in [0.25, 0.3) is 0 Å². The fourth-order valence-electron chi connectivity index (χ4n) is 1.47. The number of halogens is 1. The lowest BCUT2D eigenvalue weighted by Crippen LogP contribution is -2.15. The van der Waals surface area contributed by atoms with Gasteiger partial charge in [-0.15, -0.1) is 0 Å². The molecule has 2 N–H and O–H groups in total. The maximum atomic E-state index is 11.9. The van der Waals surface area contributed by atoms with E-state index in [1.807, 2.05) is 0 Å². The minimum Gasteiger partial charge on any atom is -0.506 e. The number of nitrogens with one attached hydrogen (secondary N) is 1. The Morgan fingerprint density at radius 3 is 2.74 bits per heavy atom. The van der Waals surface area contributed by atoms with Crippen LogP contribution in [0.4, 0.5) is 5.69 Å². The molecule has 0 amide bonds. The molecular weight excluding hydrogens is 292 g/mol. The molecular formula is C11H11ClN2O4S. The zero-order valence-electron chi connectivity index (χ0n) is 9.92. The summed E-state index contributed by atoms with van der Waals surface area (Å²) >= 11 is 5.63. The predicted molar refractivity (Wildman–Crippen MR) is 70.6 cm³/mol. The van der Waals surface area contributed by atoms with E-state index in [1.54, 1.807) is 13.0 Å². The SMILES string of the molecule is Cc1cc(CS(=O)(=O)Nc2ccc(Cl)c(O)c2)no1. The molecule has 8 heteroatoms. The normalized spacial score (nSPS) is 11.5. The molecule has 0 aliphatic carbocycles. The number of sulfonamides is 1. The first kappa shape index (κ1) is 13.7. The molecule has 2 rings (SSSR count). The first-order valence-electron chi connectivity index (χ1n) is 5.27. The first-order valence-corrected chi connectivity index (χ1v) is 7.30. The number of hydrogen-bond donors (Lipinski definition) is 2. The molecule has 0 saturated carbocycles. The highest BCUT2D eigenvalue weighted by Gasteiger charge is 2.15. The van der Waals surface area contributed by atoms with E-state index in [9.17, 15) is 13.5 Å². The van der Waals surface area contributed by atoms with Gasteiger partial charge in [-0.05, 0) is 19.1 Å². The van der Waals surface area contributed by atoms with Gasteiger partial charge in [-0.25, -0.2) is 8.42 Å². The Kier molecular flexibility index (Phi) is 3.68. The van der Waals surface area contributed by atoms with Gasteiger partial charge in [0.05, 0.1) is 10.7 Å². The van der Waals surface area contributed by atoms with Crippen molar-refractivity contribution in [3.8, 4) is 5.75 Å². The van der Waals surface area contributed by atoms with Crippen molar-refractivity contribution in [2.75, 3.05) is 4.72 Å². The van der Waals surface area contributed by atoms with Crippen molar-refractivity contribution < 1.29 is 18.0 Å². The second-order valence-corrected chi connectivity index (χ2v) is 6.09. The number of hydrogen-bond acceptors (Lipinski definition) is 5. The second kappa shape index (κ2) is 5.10. The third-order valence-electron chi connectivity index (χ3n) is 2.23. The molecule has 1 heterocycles. The number of aromatic nitrogens is 1. The highest BCUT2D eigenvalue weighted by atomic mass is 35.5. The summed E-state index contributed by atoms with van der Waals surface area (Å²) in [5, 5.41) is 13.2. The Morgan fingerprint density at radius 2 is 2.16 bits per heavy atom. The van der Waals surface area contributed by atoms with Crippen LogP contribution in [-0.4, -0.2) is 18.7 Å². The molecule has 1 aromatic carbocycles. The number of rotatable bonds is 4. The summed E-state index contributed by atoms with van der Waals surface area (Å²) in [6, 6.07) is 5.62. The molecule has 0 unspecified atom stereocenters. The maximum absolute atomic E-state index is 11.9. The minimum atomic E-state index is -3.63. The quantitative estimate of drug-likeness (QED) is 0.904. The third kappa shape index (κ3) is 3.62. The zero-order valence-corrected chi connectivity index (χ0v) is 11.5. The van der Waals surface area contributed by atoms with E-state index in [1.165, 1.54) is 18.2 Å². The fourth-order valence-corrected chi connectivity index (χ4v) is 2.67. The number of aromatic hydroxyl groups is 1. The Morgan fingerprint density at radius 1 is 1.42 bits per heavy atom. The predicted octanol–water partition coefficient (Wildman–Crippen LogP) is 2.28. The third-order valence-corrected chi connectivity index (χ3v) is 3.78.